The fourth-order valence-electron chi connectivity index (χ4n) is 3.37. The highest BCUT2D eigenvalue weighted by Crippen LogP contribution is 2.26. The molecule has 2 aromatic rings. The largest absolute Gasteiger partial charge is 0.396 e. The first-order valence-electron chi connectivity index (χ1n) is 10.5. The molecule has 0 bridgehead atoms. The molecule has 0 saturated heterocycles. The maximum Gasteiger partial charge on any atom is 0.0639 e. The van der Waals surface area contributed by atoms with E-state index in [1.165, 1.54) is 11.1 Å². The Bertz CT molecular complexity index is 649. The summed E-state index contributed by atoms with van der Waals surface area (Å²) in [6.07, 6.45) is 5.45. The fraction of sp³-hybridized carbons (Fsp3) is 0.462. The molecular weight excluding hydrogens is 344 g/mol. The van der Waals surface area contributed by atoms with E-state index in [-0.39, 0.29) is 6.61 Å². The average molecular weight is 383 g/mol. The Morgan fingerprint density at radius 3 is 1.82 bits per heavy atom. The number of aliphatic hydroxyl groups is 2. The topological polar surface area (TPSA) is 40.5 Å². The van der Waals surface area contributed by atoms with Crippen LogP contribution in [0, 0.1) is 5.92 Å². The maximum atomic E-state index is 9.03. The van der Waals surface area contributed by atoms with Crippen molar-refractivity contribution in [2.24, 2.45) is 5.92 Å². The third kappa shape index (κ3) is 8.86. The van der Waals surface area contributed by atoms with Crippen LogP contribution < -0.4 is 0 Å². The van der Waals surface area contributed by atoms with E-state index in [4.69, 9.17) is 10.2 Å². The summed E-state index contributed by atoms with van der Waals surface area (Å²) in [4.78, 5) is 0. The molecule has 3 atom stereocenters. The van der Waals surface area contributed by atoms with Crippen molar-refractivity contribution in [3.8, 4) is 0 Å². The van der Waals surface area contributed by atoms with Gasteiger partial charge in [0.1, 0.15) is 0 Å². The minimum atomic E-state index is 0.156. The van der Waals surface area contributed by atoms with Gasteiger partial charge in [-0.25, -0.2) is 0 Å². The molecule has 2 nitrogen and oxygen atoms in total. The van der Waals surface area contributed by atoms with Gasteiger partial charge >= 0.3 is 0 Å². The van der Waals surface area contributed by atoms with Gasteiger partial charge in [0, 0.05) is 12.5 Å². The van der Waals surface area contributed by atoms with Crippen molar-refractivity contribution < 1.29 is 10.2 Å². The fourth-order valence-corrected chi connectivity index (χ4v) is 3.37. The van der Waals surface area contributed by atoms with Crippen LogP contribution in [0.15, 0.2) is 72.3 Å². The molecule has 0 amide bonds. The lowest BCUT2D eigenvalue weighted by atomic mass is 9.88. The highest BCUT2D eigenvalue weighted by molar-refractivity contribution is 5.25. The van der Waals surface area contributed by atoms with Crippen molar-refractivity contribution in [3.05, 3.63) is 83.4 Å². The predicted octanol–water partition coefficient (Wildman–Crippen LogP) is 6.32. The molecule has 0 saturated carbocycles. The maximum absolute atomic E-state index is 9.03. The molecule has 0 aliphatic heterocycles. The van der Waals surface area contributed by atoms with Crippen LogP contribution in [0.3, 0.4) is 0 Å². The van der Waals surface area contributed by atoms with Gasteiger partial charge in [0.15, 0.2) is 0 Å². The number of rotatable bonds is 9. The number of aliphatic hydroxyl groups excluding tert-OH is 2. The van der Waals surface area contributed by atoms with Crippen LogP contribution in [0.25, 0.3) is 0 Å². The standard InChI is InChI=1S/C13H20O.C13H18O/c2*1-3-12(9-11(2)10-14)13-7-5-4-6-8-13/h4-8,11-12,14H,3,9-10H2,1-2H3;4-9,12,14H,3,10H2,1-2H3. The van der Waals surface area contributed by atoms with E-state index in [1.54, 1.807) is 0 Å². The summed E-state index contributed by atoms with van der Waals surface area (Å²) in [5.74, 6) is 1.43. The zero-order chi connectivity index (χ0) is 20.8. The van der Waals surface area contributed by atoms with Gasteiger partial charge in [0.25, 0.3) is 0 Å². The van der Waals surface area contributed by atoms with Crippen molar-refractivity contribution in [3.63, 3.8) is 0 Å². The first-order valence-corrected chi connectivity index (χ1v) is 10.5. The second-order valence-corrected chi connectivity index (χ2v) is 7.64. The number of benzene rings is 2. The summed E-state index contributed by atoms with van der Waals surface area (Å²) in [6.45, 7) is 8.89. The van der Waals surface area contributed by atoms with E-state index in [1.807, 2.05) is 19.1 Å². The van der Waals surface area contributed by atoms with Crippen LogP contribution >= 0.6 is 0 Å². The monoisotopic (exact) mass is 382 g/mol. The Kier molecular flexibility index (Phi) is 12.2. The van der Waals surface area contributed by atoms with Gasteiger partial charge in [-0.05, 0) is 49.1 Å². The van der Waals surface area contributed by atoms with Gasteiger partial charge in [-0.15, -0.1) is 0 Å². The van der Waals surface area contributed by atoms with E-state index in [0.717, 1.165) is 24.8 Å². The predicted molar refractivity (Wildman–Crippen MR) is 121 cm³/mol. The molecule has 0 fully saturated rings. The van der Waals surface area contributed by atoms with Crippen molar-refractivity contribution in [2.75, 3.05) is 13.2 Å². The average Bonchev–Trinajstić information content (AvgIpc) is 2.77. The SMILES string of the molecule is CCC(C=C(C)CO)c1ccccc1.CCC(CC(C)CO)c1ccccc1. The highest BCUT2D eigenvalue weighted by atomic mass is 16.3. The molecule has 0 aliphatic carbocycles. The van der Waals surface area contributed by atoms with Crippen LogP contribution in [-0.4, -0.2) is 23.4 Å². The summed E-state index contributed by atoms with van der Waals surface area (Å²) >= 11 is 0. The van der Waals surface area contributed by atoms with E-state index >= 15 is 0 Å². The van der Waals surface area contributed by atoms with Gasteiger partial charge in [-0.3, -0.25) is 0 Å². The van der Waals surface area contributed by atoms with E-state index in [2.05, 4.69) is 75.4 Å². The first-order chi connectivity index (χ1) is 13.5. The molecule has 0 aromatic heterocycles. The van der Waals surface area contributed by atoms with Crippen LogP contribution in [0.4, 0.5) is 0 Å². The summed E-state index contributed by atoms with van der Waals surface area (Å²) < 4.78 is 0. The highest BCUT2D eigenvalue weighted by Gasteiger charge is 2.12. The molecule has 2 N–H and O–H groups in total. The summed E-state index contributed by atoms with van der Waals surface area (Å²) in [7, 11) is 0. The Morgan fingerprint density at radius 2 is 1.39 bits per heavy atom. The zero-order valence-corrected chi connectivity index (χ0v) is 18.0. The lowest BCUT2D eigenvalue weighted by Crippen LogP contribution is -2.07. The lowest BCUT2D eigenvalue weighted by Gasteiger charge is -2.18. The van der Waals surface area contributed by atoms with E-state index < -0.39 is 0 Å². The Morgan fingerprint density at radius 1 is 0.857 bits per heavy atom. The Hall–Kier alpha value is -1.90. The molecule has 0 aliphatic rings. The smallest absolute Gasteiger partial charge is 0.0639 e. The quantitative estimate of drug-likeness (QED) is 0.498. The minimum absolute atomic E-state index is 0.156. The Labute approximate surface area is 172 Å². The normalized spacial score (nSPS) is 14.6. The molecule has 2 rings (SSSR count). The molecule has 0 radical (unpaired) electrons. The molecule has 0 spiro atoms. The zero-order valence-electron chi connectivity index (χ0n) is 18.0. The van der Waals surface area contributed by atoms with Gasteiger partial charge in [0.2, 0.25) is 0 Å². The van der Waals surface area contributed by atoms with Crippen LogP contribution in [0.2, 0.25) is 0 Å². The number of hydrogen-bond acceptors (Lipinski definition) is 2. The van der Waals surface area contributed by atoms with E-state index in [9.17, 15) is 0 Å². The van der Waals surface area contributed by atoms with Gasteiger partial charge < -0.3 is 10.2 Å². The third-order valence-electron chi connectivity index (χ3n) is 5.16. The van der Waals surface area contributed by atoms with Crippen molar-refractivity contribution >= 4 is 0 Å². The van der Waals surface area contributed by atoms with Crippen molar-refractivity contribution in [1.82, 2.24) is 0 Å². The molecule has 2 heteroatoms. The van der Waals surface area contributed by atoms with Crippen molar-refractivity contribution in [2.45, 2.75) is 58.8 Å². The van der Waals surface area contributed by atoms with E-state index in [0.29, 0.717) is 24.4 Å². The minimum Gasteiger partial charge on any atom is -0.396 e. The molecule has 154 valence electrons. The lowest BCUT2D eigenvalue weighted by molar-refractivity contribution is 0.222. The van der Waals surface area contributed by atoms with Crippen molar-refractivity contribution in [1.29, 1.82) is 0 Å². The van der Waals surface area contributed by atoms with Gasteiger partial charge in [-0.1, -0.05) is 93.1 Å². The molecule has 3 unspecified atom stereocenters. The molecule has 2 aromatic carbocycles. The van der Waals surface area contributed by atoms with Crippen LogP contribution in [0.5, 0.6) is 0 Å². The van der Waals surface area contributed by atoms with Gasteiger partial charge in [0.05, 0.1) is 6.61 Å². The molecule has 0 heterocycles. The second-order valence-electron chi connectivity index (χ2n) is 7.64. The van der Waals surface area contributed by atoms with Gasteiger partial charge in [-0.2, -0.15) is 0 Å². The summed E-state index contributed by atoms with van der Waals surface area (Å²) in [5, 5.41) is 18.0. The first kappa shape index (κ1) is 24.1. The third-order valence-corrected chi connectivity index (χ3v) is 5.16. The van der Waals surface area contributed by atoms with Crippen LogP contribution in [-0.2, 0) is 0 Å². The van der Waals surface area contributed by atoms with Crippen LogP contribution in [0.1, 0.15) is 69.9 Å². The second kappa shape index (κ2) is 14.1. The molecular formula is C26H38O2. The molecule has 28 heavy (non-hydrogen) atoms. The number of allylic oxidation sites excluding steroid dienone is 1. The Balaban J connectivity index is 0.000000280. The number of hydrogen-bond donors (Lipinski definition) is 2. The summed E-state index contributed by atoms with van der Waals surface area (Å²) in [5.41, 5.74) is 3.76. The summed E-state index contributed by atoms with van der Waals surface area (Å²) in [6, 6.07) is 21.0.